The second kappa shape index (κ2) is 3.42. The van der Waals surface area contributed by atoms with Crippen molar-refractivity contribution in [2.24, 2.45) is 0 Å². The van der Waals surface area contributed by atoms with E-state index in [1.807, 2.05) is 6.20 Å². The molecule has 0 saturated heterocycles. The largest absolute Gasteiger partial charge is 0.347 e. The molecular weight excluding hydrogens is 296 g/mol. The van der Waals surface area contributed by atoms with Crippen LogP contribution in [0, 0.1) is 0 Å². The number of hydrogen-bond acceptors (Lipinski definition) is 1. The van der Waals surface area contributed by atoms with Crippen molar-refractivity contribution >= 4 is 42.8 Å². The lowest BCUT2D eigenvalue weighted by Crippen LogP contribution is -1.92. The molecule has 0 spiro atoms. The van der Waals surface area contributed by atoms with Gasteiger partial charge in [0.25, 0.3) is 0 Å². The molecule has 0 saturated carbocycles. The molecule has 0 unspecified atom stereocenters. The summed E-state index contributed by atoms with van der Waals surface area (Å²) in [6, 6.07) is 2.07. The summed E-state index contributed by atoms with van der Waals surface area (Å²) in [4.78, 5) is 4.21. The number of halogens is 2. The van der Waals surface area contributed by atoms with Gasteiger partial charge in [-0.15, -0.1) is 0 Å². The molecule has 2 nitrogen and oxygen atoms in total. The minimum Gasteiger partial charge on any atom is -0.347 e. The lowest BCUT2D eigenvalue weighted by Gasteiger charge is -2.02. The summed E-state index contributed by atoms with van der Waals surface area (Å²) in [5, 5.41) is 1.15. The number of aryl methyl sites for hydroxylation is 1. The summed E-state index contributed by atoms with van der Waals surface area (Å²) in [6.07, 6.45) is 3.89. The topological polar surface area (TPSA) is 17.8 Å². The molecule has 0 aromatic carbocycles. The van der Waals surface area contributed by atoms with Crippen molar-refractivity contribution in [3.8, 4) is 0 Å². The zero-order chi connectivity index (χ0) is 9.42. The second-order valence-electron chi connectivity index (χ2n) is 2.76. The highest BCUT2D eigenvalue weighted by atomic mass is 79.9. The van der Waals surface area contributed by atoms with E-state index >= 15 is 0 Å². The van der Waals surface area contributed by atoms with Gasteiger partial charge in [-0.05, 0) is 44.8 Å². The van der Waals surface area contributed by atoms with Crippen LogP contribution in [-0.2, 0) is 6.54 Å². The Morgan fingerprint density at radius 3 is 2.92 bits per heavy atom. The van der Waals surface area contributed by atoms with Crippen LogP contribution in [0.4, 0.5) is 0 Å². The van der Waals surface area contributed by atoms with E-state index in [1.54, 1.807) is 0 Å². The van der Waals surface area contributed by atoms with Crippen LogP contribution < -0.4 is 0 Å². The van der Waals surface area contributed by atoms with Crippen molar-refractivity contribution < 1.29 is 0 Å². The molecule has 2 aromatic heterocycles. The van der Waals surface area contributed by atoms with E-state index in [9.17, 15) is 0 Å². The van der Waals surface area contributed by atoms with Gasteiger partial charge in [-0.25, -0.2) is 4.98 Å². The Morgan fingerprint density at radius 1 is 1.46 bits per heavy atom. The zero-order valence-corrected chi connectivity index (χ0v) is 10.3. The van der Waals surface area contributed by atoms with E-state index in [2.05, 4.69) is 60.6 Å². The van der Waals surface area contributed by atoms with Crippen LogP contribution in [0.2, 0.25) is 0 Å². The van der Waals surface area contributed by atoms with Crippen LogP contribution >= 0.6 is 31.9 Å². The van der Waals surface area contributed by atoms with Crippen molar-refractivity contribution in [2.75, 3.05) is 0 Å². The fourth-order valence-electron chi connectivity index (χ4n) is 1.41. The minimum atomic E-state index is 0.901. The number of rotatable bonds is 1. The van der Waals surface area contributed by atoms with Gasteiger partial charge in [0.1, 0.15) is 4.60 Å². The lowest BCUT2D eigenvalue weighted by atomic mass is 10.3. The molecule has 0 amide bonds. The Hall–Kier alpha value is -0.350. The van der Waals surface area contributed by atoms with Gasteiger partial charge in [-0.1, -0.05) is 0 Å². The molecule has 68 valence electrons. The molecule has 2 heterocycles. The summed E-state index contributed by atoms with van der Waals surface area (Å²) in [7, 11) is 0. The monoisotopic (exact) mass is 302 g/mol. The molecule has 2 rings (SSSR count). The van der Waals surface area contributed by atoms with Crippen molar-refractivity contribution in [2.45, 2.75) is 13.5 Å². The van der Waals surface area contributed by atoms with Crippen LogP contribution in [-0.4, -0.2) is 9.55 Å². The number of pyridine rings is 1. The SMILES string of the molecule is CCn1ccc2c(Br)ncc(Br)c21. The smallest absolute Gasteiger partial charge is 0.115 e. The third-order valence-electron chi connectivity index (χ3n) is 2.04. The molecule has 0 aliphatic rings. The van der Waals surface area contributed by atoms with Gasteiger partial charge in [0.05, 0.1) is 9.99 Å². The average molecular weight is 304 g/mol. The third kappa shape index (κ3) is 1.42. The Labute approximate surface area is 93.2 Å². The van der Waals surface area contributed by atoms with Gasteiger partial charge in [-0.2, -0.15) is 0 Å². The quantitative estimate of drug-likeness (QED) is 0.736. The summed E-state index contributed by atoms with van der Waals surface area (Å²) < 4.78 is 4.13. The molecule has 0 atom stereocenters. The number of fused-ring (bicyclic) bond motifs is 1. The van der Waals surface area contributed by atoms with Crippen molar-refractivity contribution in [3.05, 3.63) is 27.5 Å². The van der Waals surface area contributed by atoms with E-state index in [1.165, 1.54) is 5.52 Å². The molecule has 0 aliphatic heterocycles. The Kier molecular flexibility index (Phi) is 2.43. The maximum absolute atomic E-state index is 4.21. The zero-order valence-electron chi connectivity index (χ0n) is 7.09. The van der Waals surface area contributed by atoms with Crippen LogP contribution in [0.25, 0.3) is 10.9 Å². The fraction of sp³-hybridized carbons (Fsp3) is 0.222. The summed E-state index contributed by atoms with van der Waals surface area (Å²) in [5.74, 6) is 0. The lowest BCUT2D eigenvalue weighted by molar-refractivity contribution is 0.796. The minimum absolute atomic E-state index is 0.901. The van der Waals surface area contributed by atoms with E-state index < -0.39 is 0 Å². The highest BCUT2D eigenvalue weighted by Crippen LogP contribution is 2.28. The molecule has 13 heavy (non-hydrogen) atoms. The Bertz CT molecular complexity index is 448. The average Bonchev–Trinajstić information content (AvgIpc) is 2.56. The first kappa shape index (κ1) is 9.21. The maximum Gasteiger partial charge on any atom is 0.115 e. The first-order valence-corrected chi connectivity index (χ1v) is 5.61. The van der Waals surface area contributed by atoms with E-state index in [4.69, 9.17) is 0 Å². The predicted molar refractivity (Wildman–Crippen MR) is 60.8 cm³/mol. The maximum atomic E-state index is 4.21. The second-order valence-corrected chi connectivity index (χ2v) is 4.37. The molecule has 0 fully saturated rings. The molecular formula is C9H8Br2N2. The summed E-state index contributed by atoms with van der Waals surface area (Å²) in [5.41, 5.74) is 1.20. The first-order chi connectivity index (χ1) is 6.24. The van der Waals surface area contributed by atoms with Gasteiger partial charge in [0.15, 0.2) is 0 Å². The molecule has 4 heteroatoms. The molecule has 0 radical (unpaired) electrons. The summed E-state index contributed by atoms with van der Waals surface area (Å²) in [6.45, 7) is 3.10. The number of hydrogen-bond donors (Lipinski definition) is 0. The van der Waals surface area contributed by atoms with E-state index in [0.29, 0.717) is 0 Å². The highest BCUT2D eigenvalue weighted by molar-refractivity contribution is 9.11. The first-order valence-electron chi connectivity index (χ1n) is 4.03. The third-order valence-corrected chi connectivity index (χ3v) is 3.26. The van der Waals surface area contributed by atoms with Crippen molar-refractivity contribution in [1.82, 2.24) is 9.55 Å². The normalized spacial score (nSPS) is 11.0. The standard InChI is InChI=1S/C9H8Br2N2/c1-2-13-4-3-6-8(13)7(10)5-12-9(6)11/h3-5H,2H2,1H3. The van der Waals surface area contributed by atoms with Crippen LogP contribution in [0.5, 0.6) is 0 Å². The fourth-order valence-corrected chi connectivity index (χ4v) is 2.38. The van der Waals surface area contributed by atoms with Gasteiger partial charge in [-0.3, -0.25) is 0 Å². The van der Waals surface area contributed by atoms with Crippen LogP contribution in [0.15, 0.2) is 27.5 Å². The number of nitrogens with zero attached hydrogens (tertiary/aromatic N) is 2. The van der Waals surface area contributed by atoms with Crippen LogP contribution in [0.3, 0.4) is 0 Å². The Balaban J connectivity index is 2.87. The van der Waals surface area contributed by atoms with Crippen molar-refractivity contribution in [3.63, 3.8) is 0 Å². The van der Waals surface area contributed by atoms with Gasteiger partial charge < -0.3 is 4.57 Å². The molecule has 0 aliphatic carbocycles. The summed E-state index contributed by atoms with van der Waals surface area (Å²) >= 11 is 6.93. The van der Waals surface area contributed by atoms with E-state index in [-0.39, 0.29) is 0 Å². The van der Waals surface area contributed by atoms with E-state index in [0.717, 1.165) is 21.0 Å². The Morgan fingerprint density at radius 2 is 2.23 bits per heavy atom. The molecule has 0 N–H and O–H groups in total. The highest BCUT2D eigenvalue weighted by Gasteiger charge is 2.07. The van der Waals surface area contributed by atoms with Crippen LogP contribution in [0.1, 0.15) is 6.92 Å². The van der Waals surface area contributed by atoms with Gasteiger partial charge in [0, 0.05) is 24.3 Å². The van der Waals surface area contributed by atoms with Gasteiger partial charge >= 0.3 is 0 Å². The van der Waals surface area contributed by atoms with Gasteiger partial charge in [0.2, 0.25) is 0 Å². The predicted octanol–water partition coefficient (Wildman–Crippen LogP) is 3.58. The van der Waals surface area contributed by atoms with Crippen molar-refractivity contribution in [1.29, 1.82) is 0 Å². The molecule has 2 aromatic rings. The number of aromatic nitrogens is 2. The molecule has 0 bridgehead atoms.